The molecular weight excluding hydrogens is 796 g/mol. The summed E-state index contributed by atoms with van der Waals surface area (Å²) in [5, 5.41) is 4.72. The number of rotatable bonds is 9. The fourth-order valence-corrected chi connectivity index (χ4v) is 9.58. The third kappa shape index (κ3) is 6.69. The number of hydrogen-bond acceptors (Lipinski definition) is 2. The summed E-state index contributed by atoms with van der Waals surface area (Å²) in [7, 11) is 0. The van der Waals surface area contributed by atoms with Crippen LogP contribution in [-0.2, 0) is 0 Å². The molecule has 4 nitrogen and oxygen atoms in total. The molecule has 0 saturated heterocycles. The van der Waals surface area contributed by atoms with Crippen molar-refractivity contribution in [1.29, 1.82) is 0 Å². The van der Waals surface area contributed by atoms with Gasteiger partial charge in [-0.3, -0.25) is 0 Å². The predicted octanol–water partition coefficient (Wildman–Crippen LogP) is 16.6. The van der Waals surface area contributed by atoms with Crippen molar-refractivity contribution < 1.29 is 4.39 Å². The van der Waals surface area contributed by atoms with Gasteiger partial charge in [-0.15, -0.1) is 0 Å². The normalized spacial score (nSPS) is 11.5. The molecular formula is C60H41FN4. The number of nitrogens with zero attached hydrogens (tertiary/aromatic N) is 4. The zero-order valence-corrected chi connectivity index (χ0v) is 35.3. The van der Waals surface area contributed by atoms with Gasteiger partial charge < -0.3 is 18.9 Å². The highest BCUT2D eigenvalue weighted by Crippen LogP contribution is 2.41. The Balaban J connectivity index is 0.915. The lowest BCUT2D eigenvalue weighted by Gasteiger charge is -2.28. The molecule has 0 aliphatic heterocycles. The number of hydrogen-bond donors (Lipinski definition) is 0. The lowest BCUT2D eigenvalue weighted by molar-refractivity contribution is 0.627. The average molecular weight is 837 g/mol. The minimum Gasteiger partial charge on any atom is -0.311 e. The molecule has 10 aromatic carbocycles. The monoisotopic (exact) mass is 836 g/mol. The van der Waals surface area contributed by atoms with E-state index in [0.29, 0.717) is 0 Å². The lowest BCUT2D eigenvalue weighted by atomic mass is 10.0. The van der Waals surface area contributed by atoms with E-state index in [9.17, 15) is 4.39 Å². The Morgan fingerprint density at radius 3 is 0.969 bits per heavy atom. The van der Waals surface area contributed by atoms with Crippen LogP contribution in [0.25, 0.3) is 66.1 Å². The minimum atomic E-state index is -0.242. The van der Waals surface area contributed by atoms with Crippen LogP contribution < -0.4 is 9.80 Å². The van der Waals surface area contributed by atoms with E-state index < -0.39 is 0 Å². The molecule has 0 amide bonds. The van der Waals surface area contributed by atoms with Gasteiger partial charge in [-0.1, -0.05) is 103 Å². The van der Waals surface area contributed by atoms with Crippen molar-refractivity contribution >= 4 is 77.7 Å². The summed E-state index contributed by atoms with van der Waals surface area (Å²) in [5.41, 5.74) is 15.3. The van der Waals surface area contributed by atoms with E-state index >= 15 is 0 Å². The maximum Gasteiger partial charge on any atom is 0.123 e. The van der Waals surface area contributed by atoms with E-state index in [-0.39, 0.29) is 5.82 Å². The Morgan fingerprint density at radius 1 is 0.262 bits per heavy atom. The smallest absolute Gasteiger partial charge is 0.123 e. The molecule has 0 aliphatic rings. The van der Waals surface area contributed by atoms with Crippen LogP contribution in [0, 0.1) is 5.82 Å². The van der Waals surface area contributed by atoms with Gasteiger partial charge in [0, 0.05) is 67.0 Å². The highest BCUT2D eigenvalue weighted by molar-refractivity contribution is 6.12. The third-order valence-electron chi connectivity index (χ3n) is 12.5. The maximum absolute atomic E-state index is 14.0. The molecule has 12 rings (SSSR count). The van der Waals surface area contributed by atoms with Crippen LogP contribution in [0.2, 0.25) is 0 Å². The molecule has 2 heterocycles. The predicted molar refractivity (Wildman–Crippen MR) is 270 cm³/mol. The summed E-state index contributed by atoms with van der Waals surface area (Å²) < 4.78 is 18.6. The molecule has 308 valence electrons. The number of aromatic nitrogens is 2. The number of benzene rings is 10. The van der Waals surface area contributed by atoms with Crippen molar-refractivity contribution in [2.45, 2.75) is 0 Å². The van der Waals surface area contributed by atoms with E-state index in [0.717, 1.165) is 89.5 Å². The number of para-hydroxylation sites is 5. The van der Waals surface area contributed by atoms with Crippen molar-refractivity contribution in [2.24, 2.45) is 0 Å². The fraction of sp³-hybridized carbons (Fsp3) is 0. The van der Waals surface area contributed by atoms with Crippen LogP contribution in [0.15, 0.2) is 249 Å². The molecule has 0 bridgehead atoms. The molecule has 0 radical (unpaired) electrons. The number of fused-ring (bicyclic) bond motifs is 6. The average Bonchev–Trinajstić information content (AvgIpc) is 3.88. The first kappa shape index (κ1) is 38.0. The Hall–Kier alpha value is -8.67. The molecule has 2 aromatic heterocycles. The molecule has 0 aliphatic carbocycles. The molecule has 0 saturated carbocycles. The molecule has 0 fully saturated rings. The number of anilines is 6. The highest BCUT2D eigenvalue weighted by atomic mass is 19.1. The number of halogens is 1. The molecule has 0 atom stereocenters. The standard InChI is InChI=1S/C60H41FN4/c61-44-26-28-51(29-27-44)64-57-22-12-10-20-53(57)55-40-42(24-38-59(55)64)43-25-39-60-56(41-43)54-21-11-13-23-58(54)65(60)52-36-34-50(35-37-52)63(47-18-8-3-9-19-47)49-32-30-48(31-33-49)62(45-14-4-1-5-15-45)46-16-6-2-7-17-46/h1-41H. The van der Waals surface area contributed by atoms with Gasteiger partial charge in [-0.25, -0.2) is 4.39 Å². The maximum atomic E-state index is 14.0. The summed E-state index contributed by atoms with van der Waals surface area (Å²) in [6, 6.07) is 86.7. The zero-order valence-electron chi connectivity index (χ0n) is 35.3. The van der Waals surface area contributed by atoms with E-state index in [2.05, 4.69) is 243 Å². The topological polar surface area (TPSA) is 16.3 Å². The van der Waals surface area contributed by atoms with E-state index in [4.69, 9.17) is 0 Å². The van der Waals surface area contributed by atoms with E-state index in [1.807, 2.05) is 12.1 Å². The van der Waals surface area contributed by atoms with Gasteiger partial charge in [0.05, 0.1) is 22.1 Å². The second-order valence-electron chi connectivity index (χ2n) is 16.4. The van der Waals surface area contributed by atoms with Crippen molar-refractivity contribution in [3.63, 3.8) is 0 Å². The molecule has 12 aromatic rings. The summed E-state index contributed by atoms with van der Waals surface area (Å²) in [6.45, 7) is 0. The molecule has 0 N–H and O–H groups in total. The van der Waals surface area contributed by atoms with Crippen LogP contribution >= 0.6 is 0 Å². The van der Waals surface area contributed by atoms with Crippen molar-refractivity contribution in [2.75, 3.05) is 9.80 Å². The van der Waals surface area contributed by atoms with E-state index in [1.54, 1.807) is 0 Å². The SMILES string of the molecule is Fc1ccc(-n2c3ccccc3c3cc(-c4ccc5c(c4)c4ccccc4n5-c4ccc(N(c5ccccc5)c5ccc(N(c6ccccc6)c6ccccc6)cc5)cc4)ccc32)cc1. The van der Waals surface area contributed by atoms with Crippen molar-refractivity contribution in [1.82, 2.24) is 9.13 Å². The highest BCUT2D eigenvalue weighted by Gasteiger charge is 2.19. The van der Waals surface area contributed by atoms with Gasteiger partial charge >= 0.3 is 0 Å². The largest absolute Gasteiger partial charge is 0.311 e. The fourth-order valence-electron chi connectivity index (χ4n) is 9.58. The van der Waals surface area contributed by atoms with Gasteiger partial charge in [0.25, 0.3) is 0 Å². The summed E-state index contributed by atoms with van der Waals surface area (Å²) in [6.07, 6.45) is 0. The minimum absolute atomic E-state index is 0.242. The second-order valence-corrected chi connectivity index (χ2v) is 16.4. The van der Waals surface area contributed by atoms with Crippen LogP contribution in [-0.4, -0.2) is 9.13 Å². The Labute approximate surface area is 376 Å². The first-order chi connectivity index (χ1) is 32.2. The second kappa shape index (κ2) is 15.9. The third-order valence-corrected chi connectivity index (χ3v) is 12.5. The molecule has 0 unspecified atom stereocenters. The van der Waals surface area contributed by atoms with Crippen LogP contribution in [0.4, 0.5) is 38.5 Å². The van der Waals surface area contributed by atoms with Crippen molar-refractivity contribution in [3.05, 3.63) is 255 Å². The summed E-state index contributed by atoms with van der Waals surface area (Å²) >= 11 is 0. The lowest BCUT2D eigenvalue weighted by Crippen LogP contribution is -2.12. The summed E-state index contributed by atoms with van der Waals surface area (Å²) in [5.74, 6) is -0.242. The van der Waals surface area contributed by atoms with Crippen LogP contribution in [0.3, 0.4) is 0 Å². The van der Waals surface area contributed by atoms with Crippen molar-refractivity contribution in [3.8, 4) is 22.5 Å². The Morgan fingerprint density at radius 2 is 0.569 bits per heavy atom. The van der Waals surface area contributed by atoms with Crippen LogP contribution in [0.5, 0.6) is 0 Å². The first-order valence-electron chi connectivity index (χ1n) is 21.9. The Bertz CT molecular complexity index is 3600. The van der Waals surface area contributed by atoms with Gasteiger partial charge in [0.15, 0.2) is 0 Å². The van der Waals surface area contributed by atoms with Gasteiger partial charge in [-0.2, -0.15) is 0 Å². The zero-order chi connectivity index (χ0) is 43.3. The van der Waals surface area contributed by atoms with Gasteiger partial charge in [0.2, 0.25) is 0 Å². The van der Waals surface area contributed by atoms with E-state index in [1.165, 1.54) is 22.9 Å². The molecule has 0 spiro atoms. The molecule has 65 heavy (non-hydrogen) atoms. The first-order valence-corrected chi connectivity index (χ1v) is 21.9. The van der Waals surface area contributed by atoms with Gasteiger partial charge in [0.1, 0.15) is 5.82 Å². The van der Waals surface area contributed by atoms with Crippen LogP contribution in [0.1, 0.15) is 0 Å². The quantitative estimate of drug-likeness (QED) is 0.144. The molecule has 5 heteroatoms. The summed E-state index contributed by atoms with van der Waals surface area (Å²) in [4.78, 5) is 4.60. The van der Waals surface area contributed by atoms with Gasteiger partial charge in [-0.05, 0) is 157 Å². The Kier molecular flexibility index (Phi) is 9.31.